The smallest absolute Gasteiger partial charge is 0.214 e. The van der Waals surface area contributed by atoms with Crippen molar-refractivity contribution in [2.45, 2.75) is 32.4 Å². The van der Waals surface area contributed by atoms with Gasteiger partial charge in [-0.3, -0.25) is 0 Å². The van der Waals surface area contributed by atoms with Gasteiger partial charge in [0.1, 0.15) is 0 Å². The highest BCUT2D eigenvalue weighted by Crippen LogP contribution is 2.34. The molecule has 0 aromatic heterocycles. The summed E-state index contributed by atoms with van der Waals surface area (Å²) in [6.45, 7) is 5.54. The Hall–Kier alpha value is -0.130. The lowest BCUT2D eigenvalue weighted by Crippen LogP contribution is -2.43. The molecule has 0 spiro atoms. The first-order chi connectivity index (χ1) is 6.56. The molecule has 3 unspecified atom stereocenters. The molecule has 2 fully saturated rings. The monoisotopic (exact) mass is 218 g/mol. The van der Waals surface area contributed by atoms with E-state index in [-0.39, 0.29) is 17.8 Å². The number of nitrogens with zero attached hydrogens (tertiary/aromatic N) is 1. The Kier molecular flexibility index (Phi) is 2.57. The van der Waals surface area contributed by atoms with Crippen LogP contribution in [-0.2, 0) is 10.0 Å². The maximum atomic E-state index is 11.9. The zero-order valence-electron chi connectivity index (χ0n) is 8.73. The van der Waals surface area contributed by atoms with Crippen molar-refractivity contribution in [3.8, 4) is 0 Å². The number of sulfonamides is 1. The molecule has 2 aliphatic rings. The Balaban J connectivity index is 2.26. The number of rotatable bonds is 2. The van der Waals surface area contributed by atoms with Crippen LogP contribution in [0.3, 0.4) is 0 Å². The predicted octanol–water partition coefficient (Wildman–Crippen LogP) is 0.0183. The van der Waals surface area contributed by atoms with E-state index in [0.29, 0.717) is 5.92 Å². The van der Waals surface area contributed by atoms with E-state index in [1.807, 2.05) is 6.92 Å². The van der Waals surface area contributed by atoms with Gasteiger partial charge in [0.25, 0.3) is 0 Å². The first-order valence-corrected chi connectivity index (χ1v) is 6.89. The van der Waals surface area contributed by atoms with Gasteiger partial charge in [-0.15, -0.1) is 0 Å². The van der Waals surface area contributed by atoms with E-state index in [9.17, 15) is 8.42 Å². The lowest BCUT2D eigenvalue weighted by Gasteiger charge is -2.25. The van der Waals surface area contributed by atoms with Gasteiger partial charge in [-0.1, -0.05) is 0 Å². The largest absolute Gasteiger partial charge is 0.315 e. The van der Waals surface area contributed by atoms with E-state index in [2.05, 4.69) is 5.32 Å². The van der Waals surface area contributed by atoms with Gasteiger partial charge in [0.2, 0.25) is 10.0 Å². The molecule has 2 aliphatic heterocycles. The zero-order chi connectivity index (χ0) is 10.3. The van der Waals surface area contributed by atoms with Crippen LogP contribution in [0.15, 0.2) is 0 Å². The Morgan fingerprint density at radius 3 is 2.79 bits per heavy atom. The minimum atomic E-state index is -3.01. The highest BCUT2D eigenvalue weighted by Gasteiger charge is 2.46. The second-order valence-corrected chi connectivity index (χ2v) is 6.46. The Bertz CT molecular complexity index is 315. The molecule has 0 aromatic carbocycles. The van der Waals surface area contributed by atoms with E-state index in [1.165, 1.54) is 0 Å². The van der Waals surface area contributed by atoms with Gasteiger partial charge in [-0.25, -0.2) is 8.42 Å². The average Bonchev–Trinajstić information content (AvgIpc) is 2.62. The van der Waals surface area contributed by atoms with Crippen LogP contribution >= 0.6 is 0 Å². The van der Waals surface area contributed by atoms with Gasteiger partial charge < -0.3 is 5.32 Å². The Morgan fingerprint density at radius 2 is 2.14 bits per heavy atom. The van der Waals surface area contributed by atoms with Gasteiger partial charge >= 0.3 is 0 Å². The summed E-state index contributed by atoms with van der Waals surface area (Å²) in [6.07, 6.45) is 1.01. The Morgan fingerprint density at radius 1 is 1.43 bits per heavy atom. The zero-order valence-corrected chi connectivity index (χ0v) is 9.55. The van der Waals surface area contributed by atoms with Crippen molar-refractivity contribution < 1.29 is 8.42 Å². The van der Waals surface area contributed by atoms with E-state index in [1.54, 1.807) is 11.2 Å². The number of hydrogen-bond donors (Lipinski definition) is 1. The van der Waals surface area contributed by atoms with Crippen LogP contribution in [0.5, 0.6) is 0 Å². The summed E-state index contributed by atoms with van der Waals surface area (Å²) in [4.78, 5) is 0. The van der Waals surface area contributed by atoms with E-state index < -0.39 is 10.0 Å². The van der Waals surface area contributed by atoms with Crippen molar-refractivity contribution in [1.82, 2.24) is 9.62 Å². The third-order valence-electron chi connectivity index (χ3n) is 3.40. The highest BCUT2D eigenvalue weighted by atomic mass is 32.2. The fraction of sp³-hybridized carbons (Fsp3) is 1.00. The predicted molar refractivity (Wildman–Crippen MR) is 55.5 cm³/mol. The standard InChI is InChI=1S/C9H18N2O2S/c1-3-14(12,13)11-7(2)4-8-5-10-6-9(8)11/h7-10H,3-6H2,1-2H3. The van der Waals surface area contributed by atoms with Crippen molar-refractivity contribution in [1.29, 1.82) is 0 Å². The minimum Gasteiger partial charge on any atom is -0.315 e. The van der Waals surface area contributed by atoms with Crippen LogP contribution in [0.1, 0.15) is 20.3 Å². The first-order valence-electron chi connectivity index (χ1n) is 5.28. The summed E-state index contributed by atoms with van der Waals surface area (Å²) < 4.78 is 25.4. The summed E-state index contributed by atoms with van der Waals surface area (Å²) in [7, 11) is -3.01. The number of hydrogen-bond acceptors (Lipinski definition) is 3. The Labute approximate surface area is 85.7 Å². The van der Waals surface area contributed by atoms with Crippen LogP contribution in [-0.4, -0.2) is 43.6 Å². The molecule has 0 aromatic rings. The van der Waals surface area contributed by atoms with Crippen LogP contribution in [0.4, 0.5) is 0 Å². The molecule has 0 amide bonds. The summed E-state index contributed by atoms with van der Waals surface area (Å²) in [5, 5.41) is 3.26. The molecule has 2 rings (SSSR count). The molecule has 5 heteroatoms. The van der Waals surface area contributed by atoms with Gasteiger partial charge in [0.05, 0.1) is 5.75 Å². The van der Waals surface area contributed by atoms with Crippen molar-refractivity contribution in [3.05, 3.63) is 0 Å². The molecule has 2 heterocycles. The fourth-order valence-electron chi connectivity index (χ4n) is 2.76. The highest BCUT2D eigenvalue weighted by molar-refractivity contribution is 7.89. The third-order valence-corrected chi connectivity index (χ3v) is 5.40. The average molecular weight is 218 g/mol. The molecule has 0 aliphatic carbocycles. The molecule has 0 saturated carbocycles. The second kappa shape index (κ2) is 3.47. The van der Waals surface area contributed by atoms with Crippen molar-refractivity contribution in [3.63, 3.8) is 0 Å². The fourth-order valence-corrected chi connectivity index (χ4v) is 4.35. The minimum absolute atomic E-state index is 0.192. The van der Waals surface area contributed by atoms with Gasteiger partial charge in [0.15, 0.2) is 0 Å². The SMILES string of the molecule is CCS(=O)(=O)N1C(C)CC2CNCC21. The third kappa shape index (κ3) is 1.47. The molecule has 2 saturated heterocycles. The topological polar surface area (TPSA) is 49.4 Å². The molecule has 3 atom stereocenters. The lowest BCUT2D eigenvalue weighted by molar-refractivity contribution is 0.336. The summed E-state index contributed by atoms with van der Waals surface area (Å²) in [5.74, 6) is 0.756. The normalized spacial score (nSPS) is 38.9. The van der Waals surface area contributed by atoms with E-state index in [0.717, 1.165) is 19.5 Å². The van der Waals surface area contributed by atoms with Gasteiger partial charge in [-0.2, -0.15) is 4.31 Å². The number of nitrogens with one attached hydrogen (secondary N) is 1. The van der Waals surface area contributed by atoms with Crippen molar-refractivity contribution >= 4 is 10.0 Å². The first kappa shape index (κ1) is 10.4. The molecule has 0 bridgehead atoms. The van der Waals surface area contributed by atoms with Crippen LogP contribution in [0.2, 0.25) is 0 Å². The van der Waals surface area contributed by atoms with E-state index >= 15 is 0 Å². The quantitative estimate of drug-likeness (QED) is 0.711. The maximum absolute atomic E-state index is 11.9. The molecule has 0 radical (unpaired) electrons. The molecular formula is C9H18N2O2S. The molecule has 82 valence electrons. The number of fused-ring (bicyclic) bond motifs is 1. The molecule has 4 nitrogen and oxygen atoms in total. The van der Waals surface area contributed by atoms with Gasteiger partial charge in [0, 0.05) is 18.6 Å². The van der Waals surface area contributed by atoms with Crippen molar-refractivity contribution in [2.75, 3.05) is 18.8 Å². The molecular weight excluding hydrogens is 200 g/mol. The van der Waals surface area contributed by atoms with E-state index in [4.69, 9.17) is 0 Å². The summed E-state index contributed by atoms with van der Waals surface area (Å²) in [5.41, 5.74) is 0. The van der Waals surface area contributed by atoms with Crippen LogP contribution < -0.4 is 5.32 Å². The maximum Gasteiger partial charge on any atom is 0.214 e. The van der Waals surface area contributed by atoms with Crippen LogP contribution in [0.25, 0.3) is 0 Å². The second-order valence-electron chi connectivity index (χ2n) is 4.30. The van der Waals surface area contributed by atoms with Gasteiger partial charge in [-0.05, 0) is 32.7 Å². The van der Waals surface area contributed by atoms with Crippen LogP contribution in [0, 0.1) is 5.92 Å². The van der Waals surface area contributed by atoms with Crippen molar-refractivity contribution in [2.24, 2.45) is 5.92 Å². The lowest BCUT2D eigenvalue weighted by atomic mass is 10.0. The summed E-state index contributed by atoms with van der Waals surface area (Å²) in [6, 6.07) is 0.409. The molecule has 14 heavy (non-hydrogen) atoms. The molecule has 1 N–H and O–H groups in total. The summed E-state index contributed by atoms with van der Waals surface area (Å²) >= 11 is 0.